The van der Waals surface area contributed by atoms with E-state index in [0.29, 0.717) is 23.3 Å². The van der Waals surface area contributed by atoms with Crippen molar-refractivity contribution in [3.8, 4) is 0 Å². The number of carbonyl (C=O) groups is 2. The van der Waals surface area contributed by atoms with Crippen molar-refractivity contribution in [2.24, 2.45) is 0 Å². The van der Waals surface area contributed by atoms with Gasteiger partial charge in [-0.15, -0.1) is 0 Å². The Morgan fingerprint density at radius 1 is 0.972 bits per heavy atom. The molecule has 0 aliphatic carbocycles. The number of methoxy groups -OCH3 is 1. The van der Waals surface area contributed by atoms with Gasteiger partial charge >= 0.3 is 24.4 Å². The van der Waals surface area contributed by atoms with E-state index in [9.17, 15) is 41.0 Å². The van der Waals surface area contributed by atoms with Crippen LogP contribution in [0.5, 0.6) is 0 Å². The van der Waals surface area contributed by atoms with Crippen molar-refractivity contribution < 1.29 is 45.8 Å². The van der Waals surface area contributed by atoms with Crippen LogP contribution in [-0.2, 0) is 21.9 Å². The molecule has 1 aliphatic rings. The van der Waals surface area contributed by atoms with E-state index in [4.69, 9.17) is 4.74 Å². The van der Waals surface area contributed by atoms with Gasteiger partial charge in [-0.3, -0.25) is 4.90 Å². The fourth-order valence-corrected chi connectivity index (χ4v) is 4.32. The predicted octanol–water partition coefficient (Wildman–Crippen LogP) is 6.34. The molecule has 12 heteroatoms. The highest BCUT2D eigenvalue weighted by Crippen LogP contribution is 2.44. The zero-order chi connectivity index (χ0) is 27.2. The highest BCUT2D eigenvalue weighted by atomic mass is 19.4. The SMILES string of the molecule is CC[C@H]1CN(C(C(=O)OC)c2cc(C(F)(F)F)cc(C(F)(F)F)c2)c2cc(C)c(C)cc2N1C(=O)O. The fraction of sp³-hybridized carbons (Fsp3) is 0.417. The fourth-order valence-electron chi connectivity index (χ4n) is 4.32. The lowest BCUT2D eigenvalue weighted by Crippen LogP contribution is -2.53. The standard InChI is InChI=1S/C24H24F6N2O4/c1-5-17-11-31(18-6-12(2)13(3)7-19(18)32(17)22(34)35)20(21(33)36-4)14-8-15(23(25,26)27)10-16(9-14)24(28,29)30/h6-10,17,20H,5,11H2,1-4H3,(H,34,35)/t17-,20?/m0/s1. The van der Waals surface area contributed by atoms with Crippen LogP contribution in [0.2, 0.25) is 0 Å². The smallest absolute Gasteiger partial charge is 0.416 e. The number of alkyl halides is 6. The predicted molar refractivity (Wildman–Crippen MR) is 119 cm³/mol. The van der Waals surface area contributed by atoms with Crippen LogP contribution in [0.25, 0.3) is 0 Å². The number of fused-ring (bicyclic) bond motifs is 1. The molecule has 2 atom stereocenters. The van der Waals surface area contributed by atoms with Crippen LogP contribution in [-0.4, -0.2) is 36.9 Å². The van der Waals surface area contributed by atoms with Crippen LogP contribution >= 0.6 is 0 Å². The monoisotopic (exact) mass is 518 g/mol. The number of esters is 1. The topological polar surface area (TPSA) is 70.1 Å². The number of carboxylic acid groups (broad SMARTS) is 1. The van der Waals surface area contributed by atoms with Gasteiger partial charge in [0, 0.05) is 6.54 Å². The molecular weight excluding hydrogens is 494 g/mol. The first-order chi connectivity index (χ1) is 16.6. The Morgan fingerprint density at radius 2 is 1.47 bits per heavy atom. The first-order valence-corrected chi connectivity index (χ1v) is 10.9. The molecule has 0 spiro atoms. The summed E-state index contributed by atoms with van der Waals surface area (Å²) >= 11 is 0. The number of amides is 1. The summed E-state index contributed by atoms with van der Waals surface area (Å²) in [5, 5.41) is 9.86. The van der Waals surface area contributed by atoms with Crippen molar-refractivity contribution in [1.82, 2.24) is 0 Å². The normalized spacial score (nSPS) is 17.0. The van der Waals surface area contributed by atoms with Crippen LogP contribution in [0.15, 0.2) is 30.3 Å². The van der Waals surface area contributed by atoms with E-state index in [0.717, 1.165) is 12.0 Å². The Kier molecular flexibility index (Phi) is 7.20. The number of nitrogens with zero attached hydrogens (tertiary/aromatic N) is 2. The quantitative estimate of drug-likeness (QED) is 0.378. The van der Waals surface area contributed by atoms with Crippen LogP contribution in [0.4, 0.5) is 42.5 Å². The van der Waals surface area contributed by atoms with Gasteiger partial charge in [-0.25, -0.2) is 9.59 Å². The molecule has 0 aromatic heterocycles. The second-order valence-electron chi connectivity index (χ2n) is 8.56. The molecule has 1 amide bonds. The highest BCUT2D eigenvalue weighted by Gasteiger charge is 2.43. The number of benzene rings is 2. The van der Waals surface area contributed by atoms with E-state index in [1.165, 1.54) is 4.90 Å². The molecule has 0 fully saturated rings. The van der Waals surface area contributed by atoms with Gasteiger partial charge in [-0.2, -0.15) is 26.3 Å². The molecule has 6 nitrogen and oxygen atoms in total. The lowest BCUT2D eigenvalue weighted by atomic mass is 9.94. The van der Waals surface area contributed by atoms with Crippen molar-refractivity contribution in [3.63, 3.8) is 0 Å². The third-order valence-electron chi connectivity index (χ3n) is 6.27. The molecule has 1 aliphatic heterocycles. The zero-order valence-corrected chi connectivity index (χ0v) is 19.8. The molecule has 1 N–H and O–H groups in total. The minimum Gasteiger partial charge on any atom is -0.467 e. The minimum absolute atomic E-state index is 0.0174. The first kappa shape index (κ1) is 27.2. The molecule has 196 valence electrons. The summed E-state index contributed by atoms with van der Waals surface area (Å²) in [4.78, 5) is 27.5. The summed E-state index contributed by atoms with van der Waals surface area (Å²) in [6, 6.07) is 1.64. The first-order valence-electron chi connectivity index (χ1n) is 10.9. The molecule has 36 heavy (non-hydrogen) atoms. The number of rotatable bonds is 4. The average molecular weight is 518 g/mol. The van der Waals surface area contributed by atoms with Crippen LogP contribution in [0, 0.1) is 13.8 Å². The lowest BCUT2D eigenvalue weighted by Gasteiger charge is -2.45. The second-order valence-corrected chi connectivity index (χ2v) is 8.56. The Labute approximate surface area is 203 Å². The molecule has 0 radical (unpaired) electrons. The van der Waals surface area contributed by atoms with E-state index in [2.05, 4.69) is 0 Å². The lowest BCUT2D eigenvalue weighted by molar-refractivity contribution is -0.145. The van der Waals surface area contributed by atoms with Crippen molar-refractivity contribution in [2.45, 2.75) is 51.6 Å². The summed E-state index contributed by atoms with van der Waals surface area (Å²) in [5.74, 6) is -1.09. The van der Waals surface area contributed by atoms with Crippen molar-refractivity contribution in [3.05, 3.63) is 58.1 Å². The third kappa shape index (κ3) is 5.07. The van der Waals surface area contributed by atoms with E-state index in [1.54, 1.807) is 32.9 Å². The van der Waals surface area contributed by atoms with Gasteiger partial charge in [-0.05, 0) is 67.3 Å². The van der Waals surface area contributed by atoms with Crippen LogP contribution in [0.1, 0.15) is 47.2 Å². The van der Waals surface area contributed by atoms with Gasteiger partial charge in [0.2, 0.25) is 0 Å². The summed E-state index contributed by atoms with van der Waals surface area (Å²) in [6.07, 6.45) is -11.2. The summed E-state index contributed by atoms with van der Waals surface area (Å²) in [7, 11) is 0.972. The Morgan fingerprint density at radius 3 is 1.89 bits per heavy atom. The van der Waals surface area contributed by atoms with E-state index in [1.807, 2.05) is 0 Å². The largest absolute Gasteiger partial charge is 0.467 e. The summed E-state index contributed by atoms with van der Waals surface area (Å²) < 4.78 is 86.1. The molecule has 1 heterocycles. The van der Waals surface area contributed by atoms with Crippen molar-refractivity contribution in [1.29, 1.82) is 0 Å². The average Bonchev–Trinajstić information content (AvgIpc) is 2.78. The highest BCUT2D eigenvalue weighted by molar-refractivity contribution is 5.95. The van der Waals surface area contributed by atoms with Gasteiger partial charge in [0.25, 0.3) is 0 Å². The number of aryl methyl sites for hydroxylation is 2. The van der Waals surface area contributed by atoms with Gasteiger partial charge < -0.3 is 14.7 Å². The van der Waals surface area contributed by atoms with Crippen LogP contribution in [0.3, 0.4) is 0 Å². The second kappa shape index (κ2) is 9.55. The Hall–Kier alpha value is -3.44. The van der Waals surface area contributed by atoms with Gasteiger partial charge in [-0.1, -0.05) is 6.92 Å². The third-order valence-corrected chi connectivity index (χ3v) is 6.27. The van der Waals surface area contributed by atoms with Gasteiger partial charge in [0.15, 0.2) is 6.04 Å². The number of carbonyl (C=O) groups excluding carboxylic acids is 1. The van der Waals surface area contributed by atoms with E-state index in [-0.39, 0.29) is 30.4 Å². The molecule has 3 rings (SSSR count). The summed E-state index contributed by atoms with van der Waals surface area (Å²) in [5.41, 5.74) is -1.98. The Bertz CT molecular complexity index is 1150. The maximum atomic E-state index is 13.5. The molecule has 2 aromatic carbocycles. The van der Waals surface area contributed by atoms with Crippen LogP contribution < -0.4 is 9.80 Å². The summed E-state index contributed by atoms with van der Waals surface area (Å²) in [6.45, 7) is 4.96. The molecule has 1 unspecified atom stereocenters. The Balaban J connectivity index is 2.33. The van der Waals surface area contributed by atoms with Gasteiger partial charge in [0.1, 0.15) is 0 Å². The maximum Gasteiger partial charge on any atom is 0.416 e. The number of halogens is 6. The zero-order valence-electron chi connectivity index (χ0n) is 19.8. The van der Waals surface area contributed by atoms with Crippen molar-refractivity contribution >= 4 is 23.4 Å². The molecule has 0 saturated carbocycles. The van der Waals surface area contributed by atoms with E-state index >= 15 is 0 Å². The number of hydrogen-bond acceptors (Lipinski definition) is 4. The van der Waals surface area contributed by atoms with Crippen molar-refractivity contribution in [2.75, 3.05) is 23.5 Å². The number of anilines is 2. The molecule has 0 saturated heterocycles. The maximum absolute atomic E-state index is 13.5. The number of hydrogen-bond donors (Lipinski definition) is 1. The molecular formula is C24H24F6N2O4. The number of ether oxygens (including phenoxy) is 1. The van der Waals surface area contributed by atoms with Gasteiger partial charge in [0.05, 0.1) is 35.7 Å². The minimum atomic E-state index is -5.11. The molecule has 0 bridgehead atoms. The van der Waals surface area contributed by atoms with E-state index < -0.39 is 53.2 Å². The molecule has 2 aromatic rings.